The van der Waals surface area contributed by atoms with Crippen molar-refractivity contribution in [2.24, 2.45) is 0 Å². The van der Waals surface area contributed by atoms with Crippen LogP contribution in [0.15, 0.2) is 18.2 Å². The Bertz CT molecular complexity index is 394. The molecule has 0 unspecified atom stereocenters. The van der Waals surface area contributed by atoms with E-state index < -0.39 is 0 Å². The van der Waals surface area contributed by atoms with E-state index in [2.05, 4.69) is 10.6 Å². The Morgan fingerprint density at radius 3 is 2.89 bits per heavy atom. The van der Waals surface area contributed by atoms with Gasteiger partial charge in [0.2, 0.25) is 5.91 Å². The third kappa shape index (κ3) is 4.63. The lowest BCUT2D eigenvalue weighted by atomic mass is 10.2. The molecule has 0 aliphatic carbocycles. The van der Waals surface area contributed by atoms with E-state index in [-0.39, 0.29) is 11.7 Å². The molecule has 1 rings (SSSR count). The highest BCUT2D eigenvalue weighted by molar-refractivity contribution is 5.75. The highest BCUT2D eigenvalue weighted by Crippen LogP contribution is 2.26. The van der Waals surface area contributed by atoms with Crippen LogP contribution in [0.1, 0.15) is 18.9 Å². The number of carbonyl (C=O) groups is 1. The van der Waals surface area contributed by atoms with Gasteiger partial charge >= 0.3 is 0 Å². The van der Waals surface area contributed by atoms with E-state index in [9.17, 15) is 9.90 Å². The molecule has 3 N–H and O–H groups in total. The summed E-state index contributed by atoms with van der Waals surface area (Å²) in [5.41, 5.74) is 1.01. The second-order valence-corrected chi connectivity index (χ2v) is 3.84. The number of aromatic hydroxyl groups is 1. The van der Waals surface area contributed by atoms with Crippen LogP contribution in [-0.2, 0) is 11.3 Å². The number of ether oxygens (including phenoxy) is 1. The van der Waals surface area contributed by atoms with E-state index in [1.165, 1.54) is 0 Å². The second-order valence-electron chi connectivity index (χ2n) is 3.84. The fraction of sp³-hybridized carbons (Fsp3) is 0.462. The lowest BCUT2D eigenvalue weighted by Gasteiger charge is -2.09. The predicted molar refractivity (Wildman–Crippen MR) is 69.7 cm³/mol. The van der Waals surface area contributed by atoms with Crippen LogP contribution >= 0.6 is 0 Å². The van der Waals surface area contributed by atoms with Gasteiger partial charge in [-0.3, -0.25) is 4.79 Å². The number of hydrogen-bond donors (Lipinski definition) is 3. The Morgan fingerprint density at radius 1 is 1.44 bits per heavy atom. The standard InChI is InChI=1S/C13H20N2O3/c1-3-18-12-8-10(4-5-11(12)16)9-15-7-6-13(17)14-2/h4-5,8,15-16H,3,6-7,9H2,1-2H3,(H,14,17). The van der Waals surface area contributed by atoms with Crippen molar-refractivity contribution < 1.29 is 14.6 Å². The Kier molecular flexibility index (Phi) is 6.00. The SMILES string of the molecule is CCOc1cc(CNCCC(=O)NC)ccc1O. The third-order valence-electron chi connectivity index (χ3n) is 2.46. The molecule has 0 bridgehead atoms. The van der Waals surface area contributed by atoms with Gasteiger partial charge in [0.25, 0.3) is 0 Å². The zero-order valence-electron chi connectivity index (χ0n) is 10.8. The van der Waals surface area contributed by atoms with Gasteiger partial charge in [-0.15, -0.1) is 0 Å². The summed E-state index contributed by atoms with van der Waals surface area (Å²) < 4.78 is 5.30. The first kappa shape index (κ1) is 14.3. The number of phenols is 1. The smallest absolute Gasteiger partial charge is 0.221 e. The average molecular weight is 252 g/mol. The molecule has 0 aromatic heterocycles. The lowest BCUT2D eigenvalue weighted by Crippen LogP contribution is -2.24. The van der Waals surface area contributed by atoms with Crippen molar-refractivity contribution in [1.29, 1.82) is 0 Å². The first-order valence-electron chi connectivity index (χ1n) is 6.03. The maximum Gasteiger partial charge on any atom is 0.221 e. The number of benzene rings is 1. The number of hydrogen-bond acceptors (Lipinski definition) is 4. The van der Waals surface area contributed by atoms with E-state index in [4.69, 9.17) is 4.74 Å². The average Bonchev–Trinajstić information content (AvgIpc) is 2.38. The van der Waals surface area contributed by atoms with Gasteiger partial charge in [0.15, 0.2) is 11.5 Å². The molecule has 100 valence electrons. The van der Waals surface area contributed by atoms with Gasteiger partial charge in [-0.25, -0.2) is 0 Å². The van der Waals surface area contributed by atoms with Gasteiger partial charge in [0.05, 0.1) is 6.61 Å². The predicted octanol–water partition coefficient (Wildman–Crippen LogP) is 1.02. The molecule has 18 heavy (non-hydrogen) atoms. The Morgan fingerprint density at radius 2 is 2.22 bits per heavy atom. The van der Waals surface area contributed by atoms with Gasteiger partial charge in [-0.2, -0.15) is 0 Å². The third-order valence-corrected chi connectivity index (χ3v) is 2.46. The molecule has 0 aliphatic rings. The minimum absolute atomic E-state index is 0.0169. The maximum atomic E-state index is 11.0. The first-order valence-corrected chi connectivity index (χ1v) is 6.03. The van der Waals surface area contributed by atoms with E-state index in [0.29, 0.717) is 31.9 Å². The normalized spacial score (nSPS) is 10.1. The fourth-order valence-electron chi connectivity index (χ4n) is 1.50. The summed E-state index contributed by atoms with van der Waals surface area (Å²) in [6.07, 6.45) is 0.451. The van der Waals surface area contributed by atoms with Crippen LogP contribution in [0.25, 0.3) is 0 Å². The Labute approximate surface area is 107 Å². The molecule has 1 aromatic carbocycles. The van der Waals surface area contributed by atoms with Crippen molar-refractivity contribution in [1.82, 2.24) is 10.6 Å². The van der Waals surface area contributed by atoms with Crippen LogP contribution in [0.2, 0.25) is 0 Å². The molecule has 0 saturated heterocycles. The molecule has 1 amide bonds. The van der Waals surface area contributed by atoms with Gasteiger partial charge in [-0.05, 0) is 24.6 Å². The fourth-order valence-corrected chi connectivity index (χ4v) is 1.50. The van der Waals surface area contributed by atoms with Crippen molar-refractivity contribution in [3.63, 3.8) is 0 Å². The molecule has 0 heterocycles. The number of amides is 1. The highest BCUT2D eigenvalue weighted by atomic mass is 16.5. The van der Waals surface area contributed by atoms with Gasteiger partial charge in [0.1, 0.15) is 0 Å². The zero-order chi connectivity index (χ0) is 13.4. The summed E-state index contributed by atoms with van der Waals surface area (Å²) in [4.78, 5) is 11.0. The minimum atomic E-state index is 0.0169. The van der Waals surface area contributed by atoms with E-state index in [0.717, 1.165) is 5.56 Å². The second kappa shape index (κ2) is 7.55. The lowest BCUT2D eigenvalue weighted by molar-refractivity contribution is -0.120. The summed E-state index contributed by atoms with van der Waals surface area (Å²) in [6, 6.07) is 5.23. The van der Waals surface area contributed by atoms with Crippen molar-refractivity contribution in [3.05, 3.63) is 23.8 Å². The van der Waals surface area contributed by atoms with Crippen molar-refractivity contribution in [3.8, 4) is 11.5 Å². The number of carbonyl (C=O) groups excluding carboxylic acids is 1. The van der Waals surface area contributed by atoms with Gasteiger partial charge < -0.3 is 20.5 Å². The molecule has 0 saturated carbocycles. The summed E-state index contributed by atoms with van der Waals surface area (Å²) in [5, 5.41) is 15.3. The first-order chi connectivity index (χ1) is 8.67. The maximum absolute atomic E-state index is 11.0. The molecule has 0 aliphatic heterocycles. The molecule has 0 atom stereocenters. The van der Waals surface area contributed by atoms with Crippen LogP contribution < -0.4 is 15.4 Å². The van der Waals surface area contributed by atoms with Gasteiger partial charge in [-0.1, -0.05) is 6.07 Å². The number of rotatable bonds is 7. The molecule has 0 spiro atoms. The molecule has 5 nitrogen and oxygen atoms in total. The van der Waals surface area contributed by atoms with Crippen molar-refractivity contribution in [2.75, 3.05) is 20.2 Å². The largest absolute Gasteiger partial charge is 0.504 e. The molecule has 5 heteroatoms. The van der Waals surface area contributed by atoms with Crippen LogP contribution in [0.4, 0.5) is 0 Å². The monoisotopic (exact) mass is 252 g/mol. The van der Waals surface area contributed by atoms with Crippen molar-refractivity contribution >= 4 is 5.91 Å². The summed E-state index contributed by atoms with van der Waals surface area (Å²) >= 11 is 0. The quantitative estimate of drug-likeness (QED) is 0.634. The molecule has 1 aromatic rings. The number of phenolic OH excluding ortho intramolecular Hbond substituents is 1. The van der Waals surface area contributed by atoms with Crippen molar-refractivity contribution in [2.45, 2.75) is 19.9 Å². The Hall–Kier alpha value is -1.75. The van der Waals surface area contributed by atoms with Crippen LogP contribution in [-0.4, -0.2) is 31.2 Å². The van der Waals surface area contributed by atoms with Crippen LogP contribution in [0, 0.1) is 0 Å². The Balaban J connectivity index is 2.42. The molecule has 0 fully saturated rings. The van der Waals surface area contributed by atoms with Gasteiger partial charge in [0, 0.05) is 26.6 Å². The van der Waals surface area contributed by atoms with E-state index in [1.54, 1.807) is 19.2 Å². The topological polar surface area (TPSA) is 70.6 Å². The van der Waals surface area contributed by atoms with E-state index in [1.807, 2.05) is 13.0 Å². The summed E-state index contributed by atoms with van der Waals surface area (Å²) in [6.45, 7) is 3.64. The summed E-state index contributed by atoms with van der Waals surface area (Å²) in [7, 11) is 1.62. The minimum Gasteiger partial charge on any atom is -0.504 e. The number of nitrogens with one attached hydrogen (secondary N) is 2. The molecular formula is C13H20N2O3. The van der Waals surface area contributed by atoms with Crippen LogP contribution in [0.5, 0.6) is 11.5 Å². The zero-order valence-corrected chi connectivity index (χ0v) is 10.8. The summed E-state index contributed by atoms with van der Waals surface area (Å²) in [5.74, 6) is 0.650. The van der Waals surface area contributed by atoms with Crippen LogP contribution in [0.3, 0.4) is 0 Å². The molecular weight excluding hydrogens is 232 g/mol. The highest BCUT2D eigenvalue weighted by Gasteiger charge is 2.03. The molecule has 0 radical (unpaired) electrons. The van der Waals surface area contributed by atoms with E-state index >= 15 is 0 Å².